The second-order valence-electron chi connectivity index (χ2n) is 0.503. The van der Waals surface area contributed by atoms with Crippen LogP contribution in [-0.4, -0.2) is 17.2 Å². The normalized spacial score (nSPS) is 4.14. The Morgan fingerprint density at radius 1 is 1.43 bits per heavy atom. The fourth-order valence-corrected chi connectivity index (χ4v) is 0. The Morgan fingerprint density at radius 2 is 1.57 bits per heavy atom. The minimum absolute atomic E-state index is 0. The van der Waals surface area contributed by atoms with E-state index in [1.165, 1.54) is 0 Å². The number of rotatable bonds is 0. The van der Waals surface area contributed by atoms with Crippen LogP contribution in [0.15, 0.2) is 0 Å². The Kier molecular flexibility index (Phi) is 23.6. The maximum atomic E-state index is 7.56. The molecule has 0 fully saturated rings. The van der Waals surface area contributed by atoms with Gasteiger partial charge in [0.25, 0.3) is 0 Å². The predicted molar refractivity (Wildman–Crippen MR) is 18.0 cm³/mol. The Labute approximate surface area is 89.4 Å². The van der Waals surface area contributed by atoms with E-state index in [1.54, 1.807) is 0 Å². The molecule has 6 heteroatoms. The number of nitriles is 1. The van der Waals surface area contributed by atoms with Crippen LogP contribution >= 0.6 is 0 Å². The first-order valence-corrected chi connectivity index (χ1v) is 1.03. The van der Waals surface area contributed by atoms with Gasteiger partial charge in [0.1, 0.15) is 0 Å². The van der Waals surface area contributed by atoms with E-state index in [0.29, 0.717) is 0 Å². The Bertz CT molecular complexity index is 68.1. The summed E-state index contributed by atoms with van der Waals surface area (Å²) in [7, 11) is -1.81. The third kappa shape index (κ3) is 18.6. The van der Waals surface area contributed by atoms with Crippen LogP contribution in [0.2, 0.25) is 0 Å². The molecule has 3 nitrogen and oxygen atoms in total. The molecule has 7 heavy (non-hydrogen) atoms. The van der Waals surface area contributed by atoms with E-state index in [1.807, 2.05) is 0 Å². The molecule has 0 amide bonds. The van der Waals surface area contributed by atoms with E-state index in [0.717, 1.165) is 5.97 Å². The molecule has 0 atom stereocenters. The molecule has 0 saturated carbocycles. The summed E-state index contributed by atoms with van der Waals surface area (Å²) in [5.41, 5.74) is 0. The van der Waals surface area contributed by atoms with E-state index < -0.39 is 7.12 Å². The van der Waals surface area contributed by atoms with Crippen LogP contribution < -0.4 is 59.1 Å². The molecule has 0 aromatic carbocycles. The summed E-state index contributed by atoms with van der Waals surface area (Å²) >= 11 is 0. The summed E-state index contributed by atoms with van der Waals surface area (Å²) in [4.78, 5) is 0. The van der Waals surface area contributed by atoms with Gasteiger partial charge >= 0.3 is 66.2 Å². The first kappa shape index (κ1) is 15.8. The Balaban J connectivity index is -0.0000000133. The second-order valence-corrected chi connectivity index (χ2v) is 0.503. The molecule has 0 aliphatic rings. The minimum Gasteiger partial charge on any atom is -1.00 e. The molecule has 0 unspecified atom stereocenters. The molecule has 2 N–H and O–H groups in total. The molecule has 0 heterocycles. The third-order valence-corrected chi connectivity index (χ3v) is 0.115. The second kappa shape index (κ2) is 10.5. The van der Waals surface area contributed by atoms with Crippen LogP contribution in [0.4, 0.5) is 0 Å². The minimum atomic E-state index is -1.81. The molecule has 0 aromatic heterocycles. The summed E-state index contributed by atoms with van der Waals surface area (Å²) in [6, 6.07) is 0. The summed E-state index contributed by atoms with van der Waals surface area (Å²) < 4.78 is 0. The van der Waals surface area contributed by atoms with Crippen LogP contribution in [0.3, 0.4) is 0 Å². The van der Waals surface area contributed by atoms with E-state index in [4.69, 9.17) is 15.3 Å². The maximum Gasteiger partial charge on any atom is 1.00 e. The molecular formula is CH4BNNa2O2. The predicted octanol–water partition coefficient (Wildman–Crippen LogP) is -7.25. The SMILES string of the molecule is N#CB(O)O.[H-].[H-].[Na+].[Na+]. The number of hydrogen-bond donors (Lipinski definition) is 2. The zero-order valence-corrected chi connectivity index (χ0v) is 8.42. The van der Waals surface area contributed by atoms with Gasteiger partial charge in [-0.25, -0.2) is 5.26 Å². The van der Waals surface area contributed by atoms with Gasteiger partial charge in [-0.3, -0.25) is 0 Å². The summed E-state index contributed by atoms with van der Waals surface area (Å²) in [6.07, 6.45) is 0. The number of nitrogens with zero attached hydrogens (tertiary/aromatic N) is 1. The van der Waals surface area contributed by atoms with Crippen molar-refractivity contribution in [1.29, 1.82) is 5.26 Å². The van der Waals surface area contributed by atoms with E-state index in [-0.39, 0.29) is 62.0 Å². The molecule has 0 spiro atoms. The van der Waals surface area contributed by atoms with Crippen molar-refractivity contribution in [3.05, 3.63) is 0 Å². The van der Waals surface area contributed by atoms with Crippen molar-refractivity contribution in [2.45, 2.75) is 0 Å². The van der Waals surface area contributed by atoms with Crippen LogP contribution in [0.5, 0.6) is 0 Å². The first-order valence-electron chi connectivity index (χ1n) is 1.03. The zero-order valence-electron chi connectivity index (χ0n) is 6.42. The van der Waals surface area contributed by atoms with Gasteiger partial charge in [-0.05, 0) is 0 Å². The molecular weight excluding hydrogens is 115 g/mol. The molecule has 0 radical (unpaired) electrons. The van der Waals surface area contributed by atoms with Gasteiger partial charge in [0.05, 0.1) is 5.97 Å². The Morgan fingerprint density at radius 3 is 1.57 bits per heavy atom. The molecule has 0 aliphatic heterocycles. The standard InChI is InChI=1S/CH2BNO2.2Na.2H/c3-1-2(4)5;;;;/h4-5H;;;;/q;2*+1;2*-1. The maximum absolute atomic E-state index is 7.56. The van der Waals surface area contributed by atoms with Crippen LogP contribution in [0.1, 0.15) is 2.85 Å². The first-order chi connectivity index (χ1) is 2.27. The van der Waals surface area contributed by atoms with E-state index in [2.05, 4.69) is 0 Å². The van der Waals surface area contributed by atoms with Crippen molar-refractivity contribution in [2.75, 3.05) is 0 Å². The van der Waals surface area contributed by atoms with Gasteiger partial charge in [-0.1, -0.05) is 0 Å². The Hall–Kier alpha value is 1.47. The quantitative estimate of drug-likeness (QED) is 0.311. The van der Waals surface area contributed by atoms with Gasteiger partial charge < -0.3 is 12.9 Å². The van der Waals surface area contributed by atoms with Crippen LogP contribution in [0.25, 0.3) is 0 Å². The summed E-state index contributed by atoms with van der Waals surface area (Å²) in [5, 5.41) is 22.5. The molecule has 0 bridgehead atoms. The molecule has 0 saturated heterocycles. The molecule has 30 valence electrons. The van der Waals surface area contributed by atoms with Gasteiger partial charge in [0, 0.05) is 0 Å². The monoisotopic (exact) mass is 119 g/mol. The van der Waals surface area contributed by atoms with Crippen molar-refractivity contribution in [2.24, 2.45) is 0 Å². The van der Waals surface area contributed by atoms with Gasteiger partial charge in [0.15, 0.2) is 0 Å². The van der Waals surface area contributed by atoms with Gasteiger partial charge in [-0.2, -0.15) is 0 Å². The average Bonchev–Trinajstić information content (AvgIpc) is 1.38. The van der Waals surface area contributed by atoms with E-state index >= 15 is 0 Å². The fourth-order valence-electron chi connectivity index (χ4n) is 0. The smallest absolute Gasteiger partial charge is 1.00 e. The zero-order chi connectivity index (χ0) is 4.28. The average molecular weight is 119 g/mol. The van der Waals surface area contributed by atoms with Gasteiger partial charge in [-0.15, -0.1) is 0 Å². The van der Waals surface area contributed by atoms with Crippen molar-refractivity contribution < 1.29 is 72.0 Å². The van der Waals surface area contributed by atoms with Crippen molar-refractivity contribution in [3.8, 4) is 5.97 Å². The molecule has 0 rings (SSSR count). The van der Waals surface area contributed by atoms with Crippen molar-refractivity contribution in [1.82, 2.24) is 0 Å². The number of hydrogen-bond acceptors (Lipinski definition) is 3. The largest absolute Gasteiger partial charge is 1.00 e. The summed E-state index contributed by atoms with van der Waals surface area (Å²) in [5.74, 6) is 1.14. The van der Waals surface area contributed by atoms with Gasteiger partial charge in [0.2, 0.25) is 0 Å². The van der Waals surface area contributed by atoms with Crippen LogP contribution in [0, 0.1) is 11.2 Å². The van der Waals surface area contributed by atoms with Crippen LogP contribution in [-0.2, 0) is 0 Å². The topological polar surface area (TPSA) is 64.2 Å². The molecule has 0 aromatic rings. The van der Waals surface area contributed by atoms with Crippen molar-refractivity contribution in [3.63, 3.8) is 0 Å². The van der Waals surface area contributed by atoms with Crippen molar-refractivity contribution >= 4 is 7.12 Å². The van der Waals surface area contributed by atoms with E-state index in [9.17, 15) is 0 Å². The molecule has 0 aliphatic carbocycles. The summed E-state index contributed by atoms with van der Waals surface area (Å²) in [6.45, 7) is 0. The fraction of sp³-hybridized carbons (Fsp3) is 0. The third-order valence-electron chi connectivity index (χ3n) is 0.115.